The average molecular weight is 382 g/mol. The summed E-state index contributed by atoms with van der Waals surface area (Å²) in [6.45, 7) is 7.78. The fraction of sp³-hybridized carbons (Fsp3) is 0.455. The Hall–Kier alpha value is -2.60. The molecule has 2 aromatic carbocycles. The lowest BCUT2D eigenvalue weighted by Gasteiger charge is -2.36. The molecule has 0 spiro atoms. The second-order valence-electron chi connectivity index (χ2n) is 7.36. The van der Waals surface area contributed by atoms with Gasteiger partial charge in [-0.3, -0.25) is 9.69 Å². The maximum Gasteiger partial charge on any atom is 0.243 e. The Morgan fingerprint density at radius 2 is 1.79 bits per heavy atom. The van der Waals surface area contributed by atoms with Gasteiger partial charge < -0.3 is 15.1 Å². The summed E-state index contributed by atoms with van der Waals surface area (Å²) in [4.78, 5) is 22.7. The molecule has 0 aliphatic carbocycles. The van der Waals surface area contributed by atoms with Crippen molar-refractivity contribution in [2.75, 3.05) is 53.4 Å². The predicted molar refractivity (Wildman–Crippen MR) is 115 cm³/mol. The van der Waals surface area contributed by atoms with Crippen molar-refractivity contribution >= 4 is 22.6 Å². The van der Waals surface area contributed by atoms with Gasteiger partial charge in [0.1, 0.15) is 6.54 Å². The van der Waals surface area contributed by atoms with E-state index < -0.39 is 0 Å². The zero-order valence-electron chi connectivity index (χ0n) is 17.2. The van der Waals surface area contributed by atoms with E-state index in [-0.39, 0.29) is 12.5 Å². The van der Waals surface area contributed by atoms with E-state index in [4.69, 9.17) is 0 Å². The molecule has 6 nitrogen and oxygen atoms in total. The van der Waals surface area contributed by atoms with Crippen LogP contribution in [0.15, 0.2) is 47.5 Å². The first-order valence-electron chi connectivity index (χ1n) is 10.0. The number of fused-ring (bicyclic) bond motifs is 1. The van der Waals surface area contributed by atoms with Crippen LogP contribution in [0.2, 0.25) is 0 Å². The van der Waals surface area contributed by atoms with Crippen molar-refractivity contribution in [3.05, 3.63) is 48.0 Å². The van der Waals surface area contributed by atoms with E-state index in [0.717, 1.165) is 45.2 Å². The molecule has 28 heavy (non-hydrogen) atoms. The Kier molecular flexibility index (Phi) is 6.87. The maximum absolute atomic E-state index is 11.9. The van der Waals surface area contributed by atoms with E-state index >= 15 is 0 Å². The summed E-state index contributed by atoms with van der Waals surface area (Å²) in [6.07, 6.45) is 0. The van der Waals surface area contributed by atoms with E-state index in [1.807, 2.05) is 0 Å². The number of benzene rings is 2. The average Bonchev–Trinajstić information content (AvgIpc) is 2.72. The van der Waals surface area contributed by atoms with Crippen LogP contribution >= 0.6 is 0 Å². The summed E-state index contributed by atoms with van der Waals surface area (Å²) in [6, 6.07) is 15.1. The summed E-state index contributed by atoms with van der Waals surface area (Å²) in [5, 5.41) is 5.96. The van der Waals surface area contributed by atoms with Crippen molar-refractivity contribution in [1.29, 1.82) is 0 Å². The summed E-state index contributed by atoms with van der Waals surface area (Å²) in [7, 11) is 3.52. The summed E-state index contributed by atoms with van der Waals surface area (Å²) < 4.78 is 0. The molecule has 6 heteroatoms. The van der Waals surface area contributed by atoms with E-state index in [9.17, 15) is 4.79 Å². The number of guanidine groups is 1. The lowest BCUT2D eigenvalue weighted by atomic mass is 10.0. The van der Waals surface area contributed by atoms with Crippen LogP contribution in [0.5, 0.6) is 0 Å². The number of aliphatic imine (C=N–C) groups is 1. The van der Waals surface area contributed by atoms with Gasteiger partial charge in [0.25, 0.3) is 0 Å². The van der Waals surface area contributed by atoms with Gasteiger partial charge >= 0.3 is 0 Å². The fourth-order valence-electron chi connectivity index (χ4n) is 3.50. The Bertz CT molecular complexity index is 819. The van der Waals surface area contributed by atoms with Crippen molar-refractivity contribution in [2.24, 2.45) is 4.99 Å². The van der Waals surface area contributed by atoms with Crippen molar-refractivity contribution < 1.29 is 4.79 Å². The van der Waals surface area contributed by atoms with Crippen LogP contribution in [0.25, 0.3) is 10.8 Å². The third kappa shape index (κ3) is 5.01. The van der Waals surface area contributed by atoms with E-state index in [1.54, 1.807) is 19.0 Å². The molecule has 0 bridgehead atoms. The second-order valence-corrected chi connectivity index (χ2v) is 7.36. The third-order valence-corrected chi connectivity index (χ3v) is 5.14. The van der Waals surface area contributed by atoms with Gasteiger partial charge in [0.15, 0.2) is 5.96 Å². The van der Waals surface area contributed by atoms with Gasteiger partial charge in [-0.05, 0) is 23.3 Å². The molecule has 1 aliphatic rings. The zero-order valence-corrected chi connectivity index (χ0v) is 17.2. The molecule has 0 unspecified atom stereocenters. The van der Waals surface area contributed by atoms with Gasteiger partial charge in [-0.25, -0.2) is 4.99 Å². The van der Waals surface area contributed by atoms with E-state index in [2.05, 4.69) is 69.5 Å². The Balaban J connectivity index is 1.61. The molecule has 1 N–H and O–H groups in total. The number of nitrogens with zero attached hydrogens (tertiary/aromatic N) is 4. The minimum absolute atomic E-state index is 0.0185. The number of carbonyl (C=O) groups excluding carboxylic acids is 1. The first kappa shape index (κ1) is 20.1. The fourth-order valence-corrected chi connectivity index (χ4v) is 3.50. The summed E-state index contributed by atoms with van der Waals surface area (Å²) in [5.41, 5.74) is 1.38. The highest BCUT2D eigenvalue weighted by molar-refractivity contribution is 5.86. The number of carbonyl (C=O) groups is 1. The first-order valence-corrected chi connectivity index (χ1v) is 10.0. The predicted octanol–water partition coefficient (Wildman–Crippen LogP) is 2.01. The molecule has 0 atom stereocenters. The van der Waals surface area contributed by atoms with Gasteiger partial charge in [0, 0.05) is 53.4 Å². The number of rotatable bonds is 5. The molecule has 1 amide bonds. The van der Waals surface area contributed by atoms with Gasteiger partial charge in [-0.2, -0.15) is 0 Å². The number of amides is 1. The van der Waals surface area contributed by atoms with Gasteiger partial charge in [0.05, 0.1) is 0 Å². The minimum Gasteiger partial charge on any atom is -0.357 e. The monoisotopic (exact) mass is 381 g/mol. The Morgan fingerprint density at radius 3 is 2.50 bits per heavy atom. The lowest BCUT2D eigenvalue weighted by Crippen LogP contribution is -2.52. The van der Waals surface area contributed by atoms with Crippen LogP contribution in [0, 0.1) is 0 Å². The van der Waals surface area contributed by atoms with Gasteiger partial charge in [-0.1, -0.05) is 42.5 Å². The molecule has 0 radical (unpaired) electrons. The number of piperazine rings is 1. The number of nitrogens with one attached hydrogen (secondary N) is 1. The molecule has 0 saturated carbocycles. The smallest absolute Gasteiger partial charge is 0.243 e. The molecule has 1 aliphatic heterocycles. The van der Waals surface area contributed by atoms with Crippen LogP contribution < -0.4 is 5.32 Å². The second kappa shape index (κ2) is 9.55. The lowest BCUT2D eigenvalue weighted by molar-refractivity contribution is -0.127. The highest BCUT2D eigenvalue weighted by Gasteiger charge is 2.20. The minimum atomic E-state index is 0.0185. The molecule has 150 valence electrons. The van der Waals surface area contributed by atoms with Crippen molar-refractivity contribution in [2.45, 2.75) is 13.5 Å². The highest BCUT2D eigenvalue weighted by atomic mass is 16.2. The normalized spacial score (nSPS) is 15.7. The standard InChI is InChI=1S/C22H31N5O/c1-4-23-22(24-16-21(28)25(2)3)27-14-12-26(13-15-27)17-19-10-7-9-18-8-5-6-11-20(18)19/h5-11H,4,12-17H2,1-3H3,(H,23,24). The van der Waals surface area contributed by atoms with Crippen molar-refractivity contribution in [3.63, 3.8) is 0 Å². The summed E-state index contributed by atoms with van der Waals surface area (Å²) in [5.74, 6) is 0.854. The van der Waals surface area contributed by atoms with Gasteiger partial charge in [0.2, 0.25) is 5.91 Å². The molecule has 1 heterocycles. The van der Waals surface area contributed by atoms with E-state index in [1.165, 1.54) is 16.3 Å². The molecular formula is C22H31N5O. The molecule has 0 aromatic heterocycles. The van der Waals surface area contributed by atoms with Crippen LogP contribution in [0.3, 0.4) is 0 Å². The van der Waals surface area contributed by atoms with Crippen LogP contribution in [-0.2, 0) is 11.3 Å². The highest BCUT2D eigenvalue weighted by Crippen LogP contribution is 2.20. The van der Waals surface area contributed by atoms with Crippen LogP contribution in [0.4, 0.5) is 0 Å². The number of likely N-dealkylation sites (N-methyl/N-ethyl adjacent to an activating group) is 1. The molecule has 1 saturated heterocycles. The topological polar surface area (TPSA) is 51.2 Å². The molecule has 1 fully saturated rings. The van der Waals surface area contributed by atoms with Crippen molar-refractivity contribution in [1.82, 2.24) is 20.0 Å². The number of hydrogen-bond donors (Lipinski definition) is 1. The van der Waals surface area contributed by atoms with Crippen LogP contribution in [0.1, 0.15) is 12.5 Å². The Morgan fingerprint density at radius 1 is 1.07 bits per heavy atom. The molecule has 2 aromatic rings. The first-order chi connectivity index (χ1) is 13.6. The van der Waals surface area contributed by atoms with E-state index in [0.29, 0.717) is 0 Å². The number of hydrogen-bond acceptors (Lipinski definition) is 3. The summed E-state index contributed by atoms with van der Waals surface area (Å²) >= 11 is 0. The van der Waals surface area contributed by atoms with Crippen LogP contribution in [-0.4, -0.2) is 79.9 Å². The quantitative estimate of drug-likeness (QED) is 0.636. The largest absolute Gasteiger partial charge is 0.357 e. The third-order valence-electron chi connectivity index (χ3n) is 5.14. The maximum atomic E-state index is 11.9. The molecule has 3 rings (SSSR count). The molecular weight excluding hydrogens is 350 g/mol. The van der Waals surface area contributed by atoms with Crippen molar-refractivity contribution in [3.8, 4) is 0 Å². The zero-order chi connectivity index (χ0) is 19.9. The SMILES string of the molecule is CCNC(=NCC(=O)N(C)C)N1CCN(Cc2cccc3ccccc23)CC1. The van der Waals surface area contributed by atoms with Gasteiger partial charge in [-0.15, -0.1) is 0 Å². The Labute approximate surface area is 167 Å².